The van der Waals surface area contributed by atoms with Crippen LogP contribution in [0.4, 0.5) is 4.79 Å². The van der Waals surface area contributed by atoms with Crippen molar-refractivity contribution in [3.05, 3.63) is 16.6 Å². The number of amides is 1. The summed E-state index contributed by atoms with van der Waals surface area (Å²) in [6.45, 7) is 6.97. The second kappa shape index (κ2) is 5.95. The van der Waals surface area contributed by atoms with E-state index < -0.39 is 17.7 Å². The predicted molar refractivity (Wildman–Crippen MR) is 69.7 cm³/mol. The number of aromatic nitrogens is 1. The van der Waals surface area contributed by atoms with Crippen molar-refractivity contribution in [1.82, 2.24) is 10.3 Å². The first-order valence-electron chi connectivity index (χ1n) is 5.67. The van der Waals surface area contributed by atoms with E-state index in [-0.39, 0.29) is 12.2 Å². The zero-order valence-corrected chi connectivity index (χ0v) is 11.8. The highest BCUT2D eigenvalue weighted by atomic mass is 32.1. The van der Waals surface area contributed by atoms with Gasteiger partial charge in [0, 0.05) is 17.5 Å². The summed E-state index contributed by atoms with van der Waals surface area (Å²) in [6.07, 6.45) is 1.36. The Bertz CT molecular complexity index is 409. The van der Waals surface area contributed by atoms with Gasteiger partial charge in [0.25, 0.3) is 0 Å². The molecule has 1 amide bonds. The molecule has 6 heteroatoms. The average Bonchev–Trinajstić information content (AvgIpc) is 2.66. The van der Waals surface area contributed by atoms with E-state index in [2.05, 4.69) is 10.3 Å². The molecule has 5 nitrogen and oxygen atoms in total. The maximum absolute atomic E-state index is 11.8. The van der Waals surface area contributed by atoms with E-state index in [4.69, 9.17) is 4.74 Å². The lowest BCUT2D eigenvalue weighted by Crippen LogP contribution is -2.42. The van der Waals surface area contributed by atoms with Crippen molar-refractivity contribution in [2.24, 2.45) is 0 Å². The van der Waals surface area contributed by atoms with E-state index in [1.54, 1.807) is 39.4 Å². The van der Waals surface area contributed by atoms with Gasteiger partial charge in [-0.3, -0.25) is 9.78 Å². The number of thiazole rings is 1. The molecule has 100 valence electrons. The fourth-order valence-electron chi connectivity index (χ4n) is 1.22. The molecule has 0 bridgehead atoms. The Balaban J connectivity index is 2.42. The van der Waals surface area contributed by atoms with E-state index in [0.717, 1.165) is 4.88 Å². The van der Waals surface area contributed by atoms with Crippen molar-refractivity contribution in [3.63, 3.8) is 0 Å². The molecule has 1 unspecified atom stereocenters. The van der Waals surface area contributed by atoms with Gasteiger partial charge in [-0.2, -0.15) is 0 Å². The van der Waals surface area contributed by atoms with Gasteiger partial charge in [-0.05, 0) is 27.7 Å². The maximum Gasteiger partial charge on any atom is 0.408 e. The minimum Gasteiger partial charge on any atom is -0.444 e. The third kappa shape index (κ3) is 5.27. The number of nitrogens with one attached hydrogen (secondary N) is 1. The molecule has 0 saturated heterocycles. The van der Waals surface area contributed by atoms with Crippen LogP contribution in [0, 0.1) is 0 Å². The topological polar surface area (TPSA) is 68.3 Å². The molecule has 0 fully saturated rings. The molecule has 0 aliphatic carbocycles. The van der Waals surface area contributed by atoms with E-state index in [1.165, 1.54) is 11.3 Å². The number of Topliss-reactive ketones (excluding diaryl/α,β-unsaturated/α-hetero) is 1. The number of hydrogen-bond donors (Lipinski definition) is 1. The highest BCUT2D eigenvalue weighted by molar-refractivity contribution is 7.09. The monoisotopic (exact) mass is 270 g/mol. The molecule has 1 aromatic heterocycles. The first kappa shape index (κ1) is 14.6. The molecule has 1 rings (SSSR count). The van der Waals surface area contributed by atoms with Crippen LogP contribution in [-0.4, -0.2) is 28.5 Å². The molecule has 0 spiro atoms. The third-order valence-corrected chi connectivity index (χ3v) is 2.83. The zero-order valence-electron chi connectivity index (χ0n) is 11.0. The summed E-state index contributed by atoms with van der Waals surface area (Å²) in [6, 6.07) is -0.568. The van der Waals surface area contributed by atoms with Gasteiger partial charge in [0.1, 0.15) is 5.60 Å². The normalized spacial score (nSPS) is 12.9. The predicted octanol–water partition coefficient (Wildman–Crippen LogP) is 2.17. The largest absolute Gasteiger partial charge is 0.444 e. The van der Waals surface area contributed by atoms with Crippen LogP contribution in [0.1, 0.15) is 32.6 Å². The van der Waals surface area contributed by atoms with Crippen LogP contribution in [0.15, 0.2) is 11.7 Å². The Morgan fingerprint density at radius 3 is 2.67 bits per heavy atom. The second-order valence-electron chi connectivity index (χ2n) is 4.98. The Morgan fingerprint density at radius 1 is 1.50 bits per heavy atom. The van der Waals surface area contributed by atoms with E-state index >= 15 is 0 Å². The van der Waals surface area contributed by atoms with Gasteiger partial charge in [-0.15, -0.1) is 11.3 Å². The zero-order chi connectivity index (χ0) is 13.8. The van der Waals surface area contributed by atoms with Crippen LogP contribution in [0.3, 0.4) is 0 Å². The minimum absolute atomic E-state index is 0.0647. The van der Waals surface area contributed by atoms with Gasteiger partial charge in [0.05, 0.1) is 11.6 Å². The first-order chi connectivity index (χ1) is 8.28. The lowest BCUT2D eigenvalue weighted by Gasteiger charge is -2.21. The van der Waals surface area contributed by atoms with Crippen molar-refractivity contribution in [2.45, 2.75) is 45.8 Å². The van der Waals surface area contributed by atoms with Gasteiger partial charge < -0.3 is 10.1 Å². The highest BCUT2D eigenvalue weighted by Gasteiger charge is 2.21. The summed E-state index contributed by atoms with van der Waals surface area (Å²) in [5.41, 5.74) is 1.11. The third-order valence-electron chi connectivity index (χ3n) is 2.05. The van der Waals surface area contributed by atoms with Crippen LogP contribution in [-0.2, 0) is 16.0 Å². The summed E-state index contributed by atoms with van der Waals surface area (Å²) < 4.78 is 5.08. The van der Waals surface area contributed by atoms with E-state index in [9.17, 15) is 9.59 Å². The van der Waals surface area contributed by atoms with Crippen molar-refractivity contribution in [3.8, 4) is 0 Å². The van der Waals surface area contributed by atoms with E-state index in [0.29, 0.717) is 0 Å². The average molecular weight is 270 g/mol. The minimum atomic E-state index is -0.576. The molecule has 1 N–H and O–H groups in total. The lowest BCUT2D eigenvalue weighted by atomic mass is 10.1. The number of ether oxygens (including phenoxy) is 1. The molecule has 0 aliphatic heterocycles. The number of carbonyl (C=O) groups excluding carboxylic acids is 2. The van der Waals surface area contributed by atoms with Crippen LogP contribution in [0.5, 0.6) is 0 Å². The molecular weight excluding hydrogens is 252 g/mol. The molecule has 0 radical (unpaired) electrons. The summed E-state index contributed by atoms with van der Waals surface area (Å²) in [7, 11) is 0. The van der Waals surface area contributed by atoms with Crippen molar-refractivity contribution in [2.75, 3.05) is 0 Å². The highest BCUT2D eigenvalue weighted by Crippen LogP contribution is 2.09. The number of ketones is 1. The maximum atomic E-state index is 11.8. The molecule has 1 atom stereocenters. The van der Waals surface area contributed by atoms with E-state index in [1.807, 2.05) is 0 Å². The molecule has 0 aliphatic rings. The number of alkyl carbamates (subject to hydrolysis) is 1. The molecule has 1 heterocycles. The Morgan fingerprint density at radius 2 is 2.17 bits per heavy atom. The standard InChI is InChI=1S/C12H18N2O3S/c1-8(14-11(16)17-12(2,3)4)10(15)5-9-6-13-7-18-9/h6-8H,5H2,1-4H3,(H,14,16). The van der Waals surface area contributed by atoms with Gasteiger partial charge in [-0.1, -0.05) is 0 Å². The van der Waals surface area contributed by atoms with Gasteiger partial charge >= 0.3 is 6.09 Å². The molecule has 0 saturated carbocycles. The summed E-state index contributed by atoms with van der Waals surface area (Å²) in [5, 5.41) is 2.52. The molecule has 18 heavy (non-hydrogen) atoms. The molecule has 0 aromatic carbocycles. The number of hydrogen-bond acceptors (Lipinski definition) is 5. The fourth-order valence-corrected chi connectivity index (χ4v) is 1.82. The molecule has 1 aromatic rings. The van der Waals surface area contributed by atoms with Crippen LogP contribution in [0.25, 0.3) is 0 Å². The van der Waals surface area contributed by atoms with Crippen LogP contribution < -0.4 is 5.32 Å². The number of nitrogens with zero attached hydrogens (tertiary/aromatic N) is 1. The smallest absolute Gasteiger partial charge is 0.408 e. The summed E-state index contributed by atoms with van der Waals surface area (Å²) in [5.74, 6) is -0.0647. The number of carbonyl (C=O) groups is 2. The van der Waals surface area contributed by atoms with Crippen molar-refractivity contribution >= 4 is 23.2 Å². The second-order valence-corrected chi connectivity index (χ2v) is 5.95. The Labute approximate surface area is 111 Å². The van der Waals surface area contributed by atoms with Gasteiger partial charge in [0.15, 0.2) is 5.78 Å². The van der Waals surface area contributed by atoms with Crippen LogP contribution >= 0.6 is 11.3 Å². The van der Waals surface area contributed by atoms with Gasteiger partial charge in [-0.25, -0.2) is 4.79 Å². The summed E-state index contributed by atoms with van der Waals surface area (Å²) in [4.78, 5) is 28.1. The Hall–Kier alpha value is -1.43. The summed E-state index contributed by atoms with van der Waals surface area (Å²) >= 11 is 1.42. The van der Waals surface area contributed by atoms with Gasteiger partial charge in [0.2, 0.25) is 0 Å². The number of rotatable bonds is 4. The fraction of sp³-hybridized carbons (Fsp3) is 0.583. The Kier molecular flexibility index (Phi) is 4.84. The first-order valence-corrected chi connectivity index (χ1v) is 6.55. The van der Waals surface area contributed by atoms with Crippen molar-refractivity contribution < 1.29 is 14.3 Å². The van der Waals surface area contributed by atoms with Crippen molar-refractivity contribution in [1.29, 1.82) is 0 Å². The lowest BCUT2D eigenvalue weighted by molar-refractivity contribution is -0.120. The quantitative estimate of drug-likeness (QED) is 0.910. The molecular formula is C12H18N2O3S. The van der Waals surface area contributed by atoms with Crippen LogP contribution in [0.2, 0.25) is 0 Å². The SMILES string of the molecule is CC(NC(=O)OC(C)(C)C)C(=O)Cc1cncs1.